The lowest BCUT2D eigenvalue weighted by Gasteiger charge is -1.48. The zero-order valence-electron chi connectivity index (χ0n) is 6.99. The van der Waals surface area contributed by atoms with E-state index in [2.05, 4.69) is 21.7 Å². The molecule has 0 bridgehead atoms. The van der Waals surface area contributed by atoms with Gasteiger partial charge in [-0.25, -0.2) is 0 Å². The van der Waals surface area contributed by atoms with Crippen LogP contribution in [0.3, 0.4) is 0 Å². The second-order valence-corrected chi connectivity index (χ2v) is 0.707. The minimum atomic E-state index is 0. The van der Waals surface area contributed by atoms with Gasteiger partial charge in [-0.1, -0.05) is 40.9 Å². The molecule has 1 unspecified atom stereocenters. The fourth-order valence-corrected chi connectivity index (χ4v) is 0. The van der Waals surface area contributed by atoms with Crippen molar-refractivity contribution < 1.29 is 0 Å². The smallest absolute Gasteiger partial charge is 0.0606 e. The first-order valence-corrected chi connectivity index (χ1v) is 2.99. The van der Waals surface area contributed by atoms with E-state index >= 15 is 0 Å². The van der Waals surface area contributed by atoms with Gasteiger partial charge in [0.1, 0.15) is 0 Å². The van der Waals surface area contributed by atoms with E-state index in [1.807, 2.05) is 13.8 Å². The molecule has 0 aliphatic heterocycles. The molecule has 0 fully saturated rings. The van der Waals surface area contributed by atoms with Crippen LogP contribution in [0, 0.1) is 0 Å². The lowest BCUT2D eigenvalue weighted by Crippen LogP contribution is -1.27. The van der Waals surface area contributed by atoms with Crippen LogP contribution in [0.4, 0.5) is 0 Å². The van der Waals surface area contributed by atoms with E-state index in [-0.39, 0.29) is 9.90 Å². The molecule has 0 saturated heterocycles. The van der Waals surface area contributed by atoms with Crippen molar-refractivity contribution in [3.63, 3.8) is 0 Å². The van der Waals surface area contributed by atoms with Crippen molar-refractivity contribution in [1.29, 1.82) is 0 Å². The molecule has 0 rings (SSSR count). The predicted molar refractivity (Wildman–Crippen MR) is 50.0 cm³/mol. The van der Waals surface area contributed by atoms with Crippen molar-refractivity contribution in [2.75, 3.05) is 0 Å². The minimum Gasteiger partial charge on any atom is -0.153 e. The zero-order valence-corrected chi connectivity index (χ0v) is 8.41. The summed E-state index contributed by atoms with van der Waals surface area (Å²) < 4.78 is 0. The van der Waals surface area contributed by atoms with Gasteiger partial charge in [0.05, 0.1) is 7.85 Å². The van der Waals surface area contributed by atoms with E-state index in [9.17, 15) is 0 Å². The Labute approximate surface area is 59.5 Å². The maximum atomic E-state index is 4.50. The average Bonchev–Trinajstić information content (AvgIpc) is 1.78. The Balaban J connectivity index is -0.0000000147. The van der Waals surface area contributed by atoms with Crippen molar-refractivity contribution in [2.45, 2.75) is 40.9 Å². The standard InChI is InChI=1S/C3H8.C2H6.CH3B.H3P/c1-3-2;2*1-2;/h3H2,1-2H3;1-2H3;1H3;1H3. The van der Waals surface area contributed by atoms with Gasteiger partial charge in [-0.15, -0.1) is 0 Å². The lowest BCUT2D eigenvalue weighted by molar-refractivity contribution is 1.09. The second kappa shape index (κ2) is 141. The molecule has 0 spiro atoms. The molecule has 0 aliphatic rings. The molecular formula is C6H20BP. The molecule has 0 nitrogen and oxygen atoms in total. The highest BCUT2D eigenvalue weighted by Crippen LogP contribution is 1.56. The highest BCUT2D eigenvalue weighted by atomic mass is 31.0. The Morgan fingerprint density at radius 2 is 1.00 bits per heavy atom. The van der Waals surface area contributed by atoms with Crippen LogP contribution in [0.15, 0.2) is 0 Å². The summed E-state index contributed by atoms with van der Waals surface area (Å²) >= 11 is 0. The van der Waals surface area contributed by atoms with Crippen molar-refractivity contribution in [3.8, 4) is 0 Å². The molecule has 0 amide bonds. The SMILES string of the molecule is CC.CCC.P.[B]C. The van der Waals surface area contributed by atoms with Crippen molar-refractivity contribution in [2.24, 2.45) is 0 Å². The summed E-state index contributed by atoms with van der Waals surface area (Å²) in [6, 6.07) is 0. The maximum Gasteiger partial charge on any atom is 0.0606 e. The second-order valence-electron chi connectivity index (χ2n) is 0.707. The van der Waals surface area contributed by atoms with E-state index in [0.29, 0.717) is 0 Å². The fourth-order valence-electron chi connectivity index (χ4n) is 0. The molecule has 0 aliphatic carbocycles. The molecule has 0 aromatic carbocycles. The van der Waals surface area contributed by atoms with Crippen molar-refractivity contribution in [3.05, 3.63) is 0 Å². The van der Waals surface area contributed by atoms with Crippen molar-refractivity contribution in [1.82, 2.24) is 0 Å². The van der Waals surface area contributed by atoms with Gasteiger partial charge in [-0.05, 0) is 0 Å². The van der Waals surface area contributed by atoms with Gasteiger partial charge in [0.15, 0.2) is 0 Å². The highest BCUT2D eigenvalue weighted by molar-refractivity contribution is 6.92. The summed E-state index contributed by atoms with van der Waals surface area (Å²) in [5.41, 5.74) is 0. The lowest BCUT2D eigenvalue weighted by atomic mass is 10.2. The summed E-state index contributed by atoms with van der Waals surface area (Å²) in [6.45, 7) is 9.75. The number of hydrogen-bond donors (Lipinski definition) is 0. The van der Waals surface area contributed by atoms with Gasteiger partial charge in [-0.2, -0.15) is 9.90 Å². The van der Waals surface area contributed by atoms with E-state index in [4.69, 9.17) is 0 Å². The van der Waals surface area contributed by atoms with E-state index in [1.165, 1.54) is 13.2 Å². The van der Waals surface area contributed by atoms with Crippen LogP contribution in [0.25, 0.3) is 0 Å². The maximum absolute atomic E-state index is 4.50. The molecule has 0 aromatic heterocycles. The van der Waals surface area contributed by atoms with E-state index < -0.39 is 0 Å². The molecule has 8 heavy (non-hydrogen) atoms. The van der Waals surface area contributed by atoms with Crippen LogP contribution in [0.5, 0.6) is 0 Å². The number of rotatable bonds is 0. The quantitative estimate of drug-likeness (QED) is 0.353. The molecule has 52 valence electrons. The first kappa shape index (κ1) is 23.6. The Morgan fingerprint density at radius 1 is 1.00 bits per heavy atom. The Hall–Kier alpha value is 0.495. The molecule has 0 N–H and O–H groups in total. The molecule has 2 radical (unpaired) electrons. The van der Waals surface area contributed by atoms with Gasteiger partial charge in [0, 0.05) is 0 Å². The average molecular weight is 134 g/mol. The zero-order chi connectivity index (χ0) is 6.71. The summed E-state index contributed by atoms with van der Waals surface area (Å²) in [5, 5.41) is 0. The van der Waals surface area contributed by atoms with Gasteiger partial charge < -0.3 is 0 Å². The monoisotopic (exact) mass is 134 g/mol. The summed E-state index contributed by atoms with van der Waals surface area (Å²) in [4.78, 5) is 0. The van der Waals surface area contributed by atoms with Gasteiger partial charge in [0.2, 0.25) is 0 Å². The predicted octanol–water partition coefficient (Wildman–Crippen LogP) is 2.70. The summed E-state index contributed by atoms with van der Waals surface area (Å²) in [7, 11) is 4.50. The third-order valence-corrected chi connectivity index (χ3v) is 0. The number of hydrogen-bond acceptors (Lipinski definition) is 0. The summed E-state index contributed by atoms with van der Waals surface area (Å²) in [6.07, 6.45) is 1.25. The van der Waals surface area contributed by atoms with Crippen LogP contribution in [-0.4, -0.2) is 7.85 Å². The van der Waals surface area contributed by atoms with E-state index in [0.717, 1.165) is 0 Å². The fraction of sp³-hybridized carbons (Fsp3) is 1.00. The van der Waals surface area contributed by atoms with Gasteiger partial charge in [-0.3, -0.25) is 0 Å². The summed E-state index contributed by atoms with van der Waals surface area (Å²) in [5.74, 6) is 0. The Morgan fingerprint density at radius 3 is 1.00 bits per heavy atom. The molecule has 0 heterocycles. The Kier molecular flexibility index (Phi) is 418. The third kappa shape index (κ3) is 801. The third-order valence-electron chi connectivity index (χ3n) is 0. The van der Waals surface area contributed by atoms with Gasteiger partial charge in [0.25, 0.3) is 0 Å². The molecule has 0 aromatic rings. The first-order chi connectivity index (χ1) is 3.41. The topological polar surface area (TPSA) is 0 Å². The molecule has 1 atom stereocenters. The van der Waals surface area contributed by atoms with Crippen molar-refractivity contribution >= 4 is 17.7 Å². The minimum absolute atomic E-state index is 0. The van der Waals surface area contributed by atoms with Crippen LogP contribution >= 0.6 is 9.90 Å². The first-order valence-electron chi connectivity index (χ1n) is 2.99. The van der Waals surface area contributed by atoms with E-state index in [1.54, 1.807) is 0 Å². The van der Waals surface area contributed by atoms with Crippen LogP contribution < -0.4 is 0 Å². The van der Waals surface area contributed by atoms with Gasteiger partial charge >= 0.3 is 0 Å². The normalized spacial score (nSPS) is 3.62. The Bertz CT molecular complexity index is 8.49. The molecule has 0 saturated carbocycles. The van der Waals surface area contributed by atoms with Crippen LogP contribution in [0.2, 0.25) is 6.82 Å². The molecule has 2 heteroatoms. The highest BCUT2D eigenvalue weighted by Gasteiger charge is 1.35. The molecular weight excluding hydrogens is 114 g/mol. The van der Waals surface area contributed by atoms with Crippen LogP contribution in [-0.2, 0) is 0 Å². The largest absolute Gasteiger partial charge is 0.153 e. The van der Waals surface area contributed by atoms with Crippen LogP contribution in [0.1, 0.15) is 34.1 Å².